The van der Waals surface area contributed by atoms with Crippen LogP contribution in [0.4, 0.5) is 9.93 Å². The van der Waals surface area contributed by atoms with Crippen molar-refractivity contribution in [1.29, 1.82) is 0 Å². The third-order valence-electron chi connectivity index (χ3n) is 4.83. The lowest BCUT2D eigenvalue weighted by molar-refractivity contribution is 0.0520. The number of ether oxygens (including phenoxy) is 1. The molecule has 2 aromatic rings. The van der Waals surface area contributed by atoms with Crippen LogP contribution in [0.25, 0.3) is 0 Å². The highest BCUT2D eigenvalue weighted by atomic mass is 32.1. The van der Waals surface area contributed by atoms with Crippen molar-refractivity contribution in [2.75, 3.05) is 11.6 Å². The fourth-order valence-electron chi connectivity index (χ4n) is 3.21. The zero-order chi connectivity index (χ0) is 21.5. The molecule has 160 valence electrons. The highest BCUT2D eigenvalue weighted by Gasteiger charge is 2.26. The van der Waals surface area contributed by atoms with Crippen molar-refractivity contribution >= 4 is 34.4 Å². The number of hydrazine groups is 1. The molecule has 0 unspecified atom stereocenters. The van der Waals surface area contributed by atoms with Gasteiger partial charge in [0.05, 0.1) is 6.61 Å². The van der Waals surface area contributed by atoms with Gasteiger partial charge in [-0.2, -0.15) is 5.01 Å². The van der Waals surface area contributed by atoms with E-state index in [4.69, 9.17) is 4.74 Å². The van der Waals surface area contributed by atoms with E-state index in [9.17, 15) is 14.4 Å². The second-order valence-electron chi connectivity index (χ2n) is 7.16. The number of anilines is 1. The van der Waals surface area contributed by atoms with Gasteiger partial charge in [0.15, 0.2) is 5.69 Å². The van der Waals surface area contributed by atoms with Crippen molar-refractivity contribution in [1.82, 2.24) is 15.7 Å². The molecule has 2 N–H and O–H groups in total. The Balaban J connectivity index is 1.80. The van der Waals surface area contributed by atoms with Crippen LogP contribution in [-0.4, -0.2) is 35.5 Å². The van der Waals surface area contributed by atoms with E-state index in [0.717, 1.165) is 54.0 Å². The fraction of sp³-hybridized carbons (Fsp3) is 0.429. The van der Waals surface area contributed by atoms with Crippen molar-refractivity contribution < 1.29 is 19.1 Å². The van der Waals surface area contributed by atoms with Gasteiger partial charge in [-0.3, -0.25) is 10.2 Å². The van der Waals surface area contributed by atoms with Crippen LogP contribution < -0.4 is 15.8 Å². The fourth-order valence-corrected chi connectivity index (χ4v) is 3.96. The number of rotatable bonds is 5. The number of carbonyl (C=O) groups excluding carboxylic acids is 3. The van der Waals surface area contributed by atoms with E-state index in [2.05, 4.69) is 15.7 Å². The largest absolute Gasteiger partial charge is 0.461 e. The van der Waals surface area contributed by atoms with Crippen LogP contribution in [0.2, 0.25) is 0 Å². The topological polar surface area (TPSA) is 101 Å². The Hall–Kier alpha value is -2.94. The number of aromatic nitrogens is 1. The normalized spacial score (nSPS) is 14.1. The molecule has 1 aromatic heterocycles. The zero-order valence-corrected chi connectivity index (χ0v) is 18.0. The lowest BCUT2D eigenvalue weighted by Crippen LogP contribution is -2.53. The molecule has 3 rings (SSSR count). The number of amides is 3. The molecular formula is C21H26N4O4S. The Morgan fingerprint density at radius 1 is 1.17 bits per heavy atom. The van der Waals surface area contributed by atoms with Crippen LogP contribution >= 0.6 is 11.3 Å². The van der Waals surface area contributed by atoms with Crippen LogP contribution in [-0.2, 0) is 4.74 Å². The summed E-state index contributed by atoms with van der Waals surface area (Å²) in [4.78, 5) is 41.9. The molecule has 8 nitrogen and oxygen atoms in total. The van der Waals surface area contributed by atoms with E-state index >= 15 is 0 Å². The minimum absolute atomic E-state index is 0.0505. The van der Waals surface area contributed by atoms with Crippen LogP contribution in [0.3, 0.4) is 0 Å². The highest BCUT2D eigenvalue weighted by molar-refractivity contribution is 7.14. The summed E-state index contributed by atoms with van der Waals surface area (Å²) in [5.41, 5.74) is 4.16. The zero-order valence-electron chi connectivity index (χ0n) is 17.1. The second-order valence-corrected chi connectivity index (χ2v) is 8.00. The predicted molar refractivity (Wildman–Crippen MR) is 115 cm³/mol. The van der Waals surface area contributed by atoms with Crippen LogP contribution in [0.1, 0.15) is 65.4 Å². The first-order valence-electron chi connectivity index (χ1n) is 10.1. The van der Waals surface area contributed by atoms with Crippen molar-refractivity contribution in [3.63, 3.8) is 0 Å². The predicted octanol–water partition coefficient (Wildman–Crippen LogP) is 3.82. The first kappa shape index (κ1) is 21.8. The molecule has 0 aliphatic heterocycles. The van der Waals surface area contributed by atoms with Crippen molar-refractivity contribution in [2.24, 2.45) is 0 Å². The van der Waals surface area contributed by atoms with Gasteiger partial charge >= 0.3 is 12.0 Å². The molecule has 1 aliphatic rings. The molecule has 0 atom stereocenters. The van der Waals surface area contributed by atoms with E-state index in [1.165, 1.54) is 5.38 Å². The molecule has 1 fully saturated rings. The van der Waals surface area contributed by atoms with E-state index < -0.39 is 17.9 Å². The van der Waals surface area contributed by atoms with E-state index in [1.807, 2.05) is 19.1 Å². The molecule has 0 radical (unpaired) electrons. The lowest BCUT2D eigenvalue weighted by atomic mass is 9.96. The van der Waals surface area contributed by atoms with Crippen molar-refractivity contribution in [3.8, 4) is 0 Å². The number of aryl methyl sites for hydroxylation is 1. The first-order valence-corrected chi connectivity index (χ1v) is 11.0. The summed E-state index contributed by atoms with van der Waals surface area (Å²) in [5, 5.41) is 5.74. The molecule has 1 saturated carbocycles. The first-order chi connectivity index (χ1) is 14.5. The Kier molecular flexibility index (Phi) is 7.40. The summed E-state index contributed by atoms with van der Waals surface area (Å²) in [6, 6.07) is 6.59. The Morgan fingerprint density at radius 2 is 1.87 bits per heavy atom. The second kappa shape index (κ2) is 10.2. The van der Waals surface area contributed by atoms with Crippen LogP contribution in [0, 0.1) is 6.92 Å². The summed E-state index contributed by atoms with van der Waals surface area (Å²) >= 11 is 1.08. The van der Waals surface area contributed by atoms with E-state index in [0.29, 0.717) is 5.56 Å². The number of esters is 1. The molecule has 1 aliphatic carbocycles. The van der Waals surface area contributed by atoms with Crippen LogP contribution in [0.15, 0.2) is 29.6 Å². The summed E-state index contributed by atoms with van der Waals surface area (Å²) in [6.07, 6.45) is 5.08. The van der Waals surface area contributed by atoms with Crippen molar-refractivity contribution in [2.45, 2.75) is 52.0 Å². The lowest BCUT2D eigenvalue weighted by Gasteiger charge is -2.27. The molecule has 1 heterocycles. The summed E-state index contributed by atoms with van der Waals surface area (Å²) < 4.78 is 4.96. The van der Waals surface area contributed by atoms with Crippen LogP contribution in [0.5, 0.6) is 0 Å². The van der Waals surface area contributed by atoms with Gasteiger partial charge in [0.25, 0.3) is 5.91 Å². The van der Waals surface area contributed by atoms with E-state index in [1.54, 1.807) is 19.1 Å². The van der Waals surface area contributed by atoms with Gasteiger partial charge in [0.1, 0.15) is 0 Å². The maximum Gasteiger partial charge on any atom is 0.357 e. The third kappa shape index (κ3) is 5.56. The van der Waals surface area contributed by atoms with Crippen molar-refractivity contribution in [3.05, 3.63) is 46.5 Å². The minimum atomic E-state index is -0.572. The van der Waals surface area contributed by atoms with Gasteiger partial charge < -0.3 is 10.1 Å². The smallest absolute Gasteiger partial charge is 0.357 e. The molecule has 0 spiro atoms. The quantitative estimate of drug-likeness (QED) is 0.555. The van der Waals surface area contributed by atoms with Gasteiger partial charge in [-0.15, -0.1) is 11.3 Å². The number of nitrogens with one attached hydrogen (secondary N) is 2. The summed E-state index contributed by atoms with van der Waals surface area (Å²) in [6.45, 7) is 3.86. The molecule has 3 amide bonds. The minimum Gasteiger partial charge on any atom is -0.461 e. The average molecular weight is 431 g/mol. The SMILES string of the molecule is CCOC(=O)c1csc(N(NC(=O)c2ccc(C)cc2)C(=O)NC2CCCCC2)n1. The highest BCUT2D eigenvalue weighted by Crippen LogP contribution is 2.22. The molecule has 0 saturated heterocycles. The molecule has 1 aromatic carbocycles. The third-order valence-corrected chi connectivity index (χ3v) is 5.66. The number of thiazole rings is 1. The van der Waals surface area contributed by atoms with E-state index in [-0.39, 0.29) is 23.5 Å². The Morgan fingerprint density at radius 3 is 2.53 bits per heavy atom. The molecule has 30 heavy (non-hydrogen) atoms. The van der Waals surface area contributed by atoms with Gasteiger partial charge in [-0.1, -0.05) is 37.0 Å². The molecule has 9 heteroatoms. The molecule has 0 bridgehead atoms. The van der Waals surface area contributed by atoms with Gasteiger partial charge in [0.2, 0.25) is 5.13 Å². The summed E-state index contributed by atoms with van der Waals surface area (Å²) in [5.74, 6) is -1.01. The van der Waals surface area contributed by atoms with Gasteiger partial charge in [-0.05, 0) is 38.8 Å². The maximum atomic E-state index is 13.0. The number of carbonyl (C=O) groups is 3. The number of hydrogen-bond acceptors (Lipinski definition) is 6. The number of hydrogen-bond donors (Lipinski definition) is 2. The van der Waals surface area contributed by atoms with Gasteiger partial charge in [-0.25, -0.2) is 14.6 Å². The monoisotopic (exact) mass is 430 g/mol. The Labute approximate surface area is 179 Å². The Bertz CT molecular complexity index is 891. The number of urea groups is 1. The number of nitrogens with zero attached hydrogens (tertiary/aromatic N) is 2. The van der Waals surface area contributed by atoms with Gasteiger partial charge in [0, 0.05) is 17.0 Å². The maximum absolute atomic E-state index is 13.0. The number of benzene rings is 1. The molecular weight excluding hydrogens is 404 g/mol. The standard InChI is InChI=1S/C21H26N4O4S/c1-3-29-19(27)17-13-30-21(23-17)25(20(28)22-16-7-5-4-6-8-16)24-18(26)15-11-9-14(2)10-12-15/h9-13,16H,3-8H2,1-2H3,(H,22,28)(H,24,26). The summed E-state index contributed by atoms with van der Waals surface area (Å²) in [7, 11) is 0. The average Bonchev–Trinajstić information content (AvgIpc) is 3.23.